The maximum atomic E-state index is 12.6. The normalized spacial score (nSPS) is 18.6. The third-order valence-corrected chi connectivity index (χ3v) is 27.8. The summed E-state index contributed by atoms with van der Waals surface area (Å²) in [6.07, 6.45) is 29.4. The topological polar surface area (TPSA) is 260 Å². The molecule has 0 radical (unpaired) electrons. The number of hydrogen-bond acceptors (Lipinski definition) is 20. The summed E-state index contributed by atoms with van der Waals surface area (Å²) in [4.78, 5) is 89.0. The number of carbonyl (C=O) groups excluding carboxylic acids is 4. The van der Waals surface area contributed by atoms with Gasteiger partial charge in [0.2, 0.25) is 0 Å². The van der Waals surface area contributed by atoms with Crippen molar-refractivity contribution in [3.05, 3.63) is 298 Å². The summed E-state index contributed by atoms with van der Waals surface area (Å²) in [5.41, 5.74) is 12.8. The van der Waals surface area contributed by atoms with Crippen molar-refractivity contribution >= 4 is 23.4 Å². The third-order valence-electron chi connectivity index (χ3n) is 27.8. The van der Waals surface area contributed by atoms with Crippen LogP contribution in [0.3, 0.4) is 0 Å². The molecule has 5 saturated heterocycles. The van der Waals surface area contributed by atoms with Crippen molar-refractivity contribution < 1.29 is 44.7 Å². The Bertz CT molecular complexity index is 5010. The summed E-state index contributed by atoms with van der Waals surface area (Å²) in [6.45, 7) is 18.1. The Kier molecular flexibility index (Phi) is 34.4. The number of piperidine rings is 4. The maximum Gasteiger partial charge on any atom is 0.253 e. The molecule has 2 atom stereocenters. The van der Waals surface area contributed by atoms with Crippen LogP contribution >= 0.6 is 0 Å². The SMILES string of the molecule is CN(CCC1CCN(Cc2ncccc2O)CC1)C(=O)c1ccccc1.CN(CCN1CCN(Cc2ncccc2O)CC1)C(=O)c1ccccc1.O=C1c2ccccc2CC1CC1CCN(Cc2ncccc2O)CC1.O=C1c2ccccc2CC1CCC1CCN(Cc2ncccc2O)CC1.Oc1cccnc1CN1CCC(CCC2Cc3ccccc3C2)CC1. The zero-order valence-corrected chi connectivity index (χ0v) is 75.0. The van der Waals surface area contributed by atoms with Crippen LogP contribution in [0, 0.1) is 41.4 Å². The lowest BCUT2D eigenvalue weighted by molar-refractivity contribution is 0.0745. The van der Waals surface area contributed by atoms with Crippen molar-refractivity contribution in [2.45, 2.75) is 148 Å². The fourth-order valence-electron chi connectivity index (χ4n) is 19.8. The van der Waals surface area contributed by atoms with Crippen molar-refractivity contribution in [1.82, 2.24) is 64.1 Å². The molecule has 5 fully saturated rings. The smallest absolute Gasteiger partial charge is 0.253 e. The summed E-state index contributed by atoms with van der Waals surface area (Å²) in [6, 6.07) is 61.2. The molecule has 5 aromatic heterocycles. The average molecular weight is 1730 g/mol. The van der Waals surface area contributed by atoms with Crippen molar-refractivity contribution in [1.29, 1.82) is 0 Å². The number of pyridine rings is 5. The van der Waals surface area contributed by atoms with Gasteiger partial charge in [-0.25, -0.2) is 0 Å². The van der Waals surface area contributed by atoms with Crippen molar-refractivity contribution in [2.24, 2.45) is 41.4 Å². The van der Waals surface area contributed by atoms with Crippen LogP contribution in [0.15, 0.2) is 225 Å². The molecule has 3 aliphatic carbocycles. The van der Waals surface area contributed by atoms with Crippen LogP contribution in [0.2, 0.25) is 0 Å². The predicted octanol–water partition coefficient (Wildman–Crippen LogP) is 16.3. The number of Topliss-reactive ketones (excluding diaryl/α,β-unsaturated/α-hetero) is 2. The number of benzene rings is 5. The number of fused-ring (bicyclic) bond motifs is 3. The summed E-state index contributed by atoms with van der Waals surface area (Å²) in [7, 11) is 3.74. The molecule has 128 heavy (non-hydrogen) atoms. The number of amides is 2. The second-order valence-corrected chi connectivity index (χ2v) is 36.6. The second kappa shape index (κ2) is 47.3. The zero-order chi connectivity index (χ0) is 88.9. The minimum absolute atomic E-state index is 0.0647. The van der Waals surface area contributed by atoms with E-state index in [1.54, 1.807) is 108 Å². The first-order valence-electron chi connectivity index (χ1n) is 46.9. The predicted molar refractivity (Wildman–Crippen MR) is 501 cm³/mol. The van der Waals surface area contributed by atoms with Gasteiger partial charge in [0.1, 0.15) is 28.7 Å². The van der Waals surface area contributed by atoms with Gasteiger partial charge < -0.3 is 35.3 Å². The molecule has 10 aromatic rings. The number of carbonyl (C=O) groups is 4. The summed E-state index contributed by atoms with van der Waals surface area (Å²) >= 11 is 0. The van der Waals surface area contributed by atoms with Crippen molar-refractivity contribution in [3.8, 4) is 28.7 Å². The lowest BCUT2D eigenvalue weighted by atomic mass is 9.85. The molecule has 5 aromatic carbocycles. The Balaban J connectivity index is 0.000000129. The fourth-order valence-corrected chi connectivity index (χ4v) is 19.8. The lowest BCUT2D eigenvalue weighted by Gasteiger charge is -2.35. The van der Waals surface area contributed by atoms with Crippen LogP contribution in [0.5, 0.6) is 28.7 Å². The van der Waals surface area contributed by atoms with Crippen LogP contribution in [-0.2, 0) is 58.4 Å². The number of aromatic hydroxyl groups is 5. The van der Waals surface area contributed by atoms with Gasteiger partial charge in [0.05, 0.1) is 28.5 Å². The number of aromatic nitrogens is 5. The molecule has 0 spiro atoms. The van der Waals surface area contributed by atoms with E-state index in [1.165, 1.54) is 62.5 Å². The number of ketones is 2. The highest BCUT2D eigenvalue weighted by Gasteiger charge is 2.35. The van der Waals surface area contributed by atoms with Gasteiger partial charge in [-0.3, -0.25) is 73.5 Å². The van der Waals surface area contributed by atoms with E-state index in [0.717, 1.165) is 238 Å². The molecule has 0 bridgehead atoms. The van der Waals surface area contributed by atoms with Gasteiger partial charge in [0, 0.05) is 158 Å². The zero-order valence-electron chi connectivity index (χ0n) is 75.0. The molecule has 22 heteroatoms. The number of piperazine rings is 1. The molecule has 674 valence electrons. The quantitative estimate of drug-likeness (QED) is 0.0337. The average Bonchev–Trinajstić information content (AvgIpc) is 1.67. The maximum absolute atomic E-state index is 12.6. The van der Waals surface area contributed by atoms with Gasteiger partial charge in [-0.1, -0.05) is 116 Å². The monoisotopic (exact) mass is 1730 g/mol. The van der Waals surface area contributed by atoms with Gasteiger partial charge in [0.25, 0.3) is 11.8 Å². The molecule has 22 nitrogen and oxygen atoms in total. The van der Waals surface area contributed by atoms with Crippen LogP contribution in [-0.4, -0.2) is 225 Å². The van der Waals surface area contributed by atoms with E-state index in [9.17, 15) is 44.7 Å². The van der Waals surface area contributed by atoms with E-state index in [2.05, 4.69) is 90.7 Å². The Morgan fingerprint density at radius 2 is 0.602 bits per heavy atom. The van der Waals surface area contributed by atoms with E-state index in [1.807, 2.05) is 116 Å². The van der Waals surface area contributed by atoms with E-state index in [0.29, 0.717) is 54.7 Å². The highest BCUT2D eigenvalue weighted by Crippen LogP contribution is 2.38. The number of likely N-dealkylation sites (N-methyl/N-ethyl adjacent to an activating group) is 1. The highest BCUT2D eigenvalue weighted by molar-refractivity contribution is 6.03. The van der Waals surface area contributed by atoms with E-state index in [4.69, 9.17) is 0 Å². The Labute approximate surface area is 756 Å². The highest BCUT2D eigenvalue weighted by atomic mass is 16.3. The molecule has 5 N–H and O–H groups in total. The van der Waals surface area contributed by atoms with Crippen LogP contribution in [0.25, 0.3) is 0 Å². The second-order valence-electron chi connectivity index (χ2n) is 36.6. The van der Waals surface area contributed by atoms with Crippen LogP contribution < -0.4 is 0 Å². The van der Waals surface area contributed by atoms with Gasteiger partial charge in [-0.15, -0.1) is 0 Å². The molecule has 5 aliphatic heterocycles. The Morgan fingerprint density at radius 1 is 0.305 bits per heavy atom. The number of rotatable bonds is 26. The van der Waals surface area contributed by atoms with Crippen molar-refractivity contribution in [2.75, 3.05) is 112 Å². The van der Waals surface area contributed by atoms with Gasteiger partial charge in [0.15, 0.2) is 11.6 Å². The van der Waals surface area contributed by atoms with Gasteiger partial charge in [-0.2, -0.15) is 0 Å². The molecule has 10 heterocycles. The molecule has 2 unspecified atom stereocenters. The first-order chi connectivity index (χ1) is 62.4. The van der Waals surface area contributed by atoms with E-state index < -0.39 is 0 Å². The minimum atomic E-state index is 0.0647. The Hall–Kier alpha value is -11.1. The number of likely N-dealkylation sites (tertiary alicyclic amines) is 4. The molecule has 0 saturated carbocycles. The van der Waals surface area contributed by atoms with Crippen LogP contribution in [0.1, 0.15) is 182 Å². The molecular formula is C106H131N13O9. The Morgan fingerprint density at radius 3 is 0.977 bits per heavy atom. The summed E-state index contributed by atoms with van der Waals surface area (Å²) in [5, 5.41) is 49.3. The minimum Gasteiger partial charge on any atom is -0.506 e. The first kappa shape index (κ1) is 93.1. The molecule has 2 amide bonds. The largest absolute Gasteiger partial charge is 0.506 e. The van der Waals surface area contributed by atoms with Crippen LogP contribution in [0.4, 0.5) is 0 Å². The summed E-state index contributed by atoms with van der Waals surface area (Å²) < 4.78 is 0. The van der Waals surface area contributed by atoms with Gasteiger partial charge in [-0.05, 0) is 298 Å². The number of hydrogen-bond donors (Lipinski definition) is 5. The molecule has 8 aliphatic rings. The summed E-state index contributed by atoms with van der Waals surface area (Å²) in [5.74, 6) is 6.35. The lowest BCUT2D eigenvalue weighted by Crippen LogP contribution is -2.48. The standard InChI is InChI=1S/C22H26N2O2.C22H28N2O.C21H27N3O2.C21H24N2O2.C20H26N4O2/c25-21-6-3-11-23-20(21)15-24-12-9-16(10-13-24)7-8-18-14-17-4-1-2-5-19(17)22(18)26;25-22-6-3-11-23-21(22)16-24-12-9-17(10-13-24)7-8-18-14-19-4-1-2-5-20(19)15-18;1-23(21(26)18-6-3-2-4-7-18)13-9-17-10-14-24(15-11-17)16-19-20(25)8-5-12-22-19;24-20-6-3-9-22-19(20)14-23-10-7-15(8-11-23)12-17-13-16-4-1-2-5-18(16)21(17)25;1-22(20(26)17-6-3-2-4-7-17)10-11-23-12-14-24(15-13-23)16-18-19(25)8-5-9-21-18/h1-6,11,16,18,25H,7-10,12-15H2;1-6,11,17-18,25H,7-10,12-16H2;2-8,12,17,25H,9-11,13-16H2,1H3;1-6,9,15,17,24H,7-8,10-14H2;2-9,25H,10-16H2,1H3. The van der Waals surface area contributed by atoms with Crippen molar-refractivity contribution in [3.63, 3.8) is 0 Å². The van der Waals surface area contributed by atoms with E-state index >= 15 is 0 Å². The third kappa shape index (κ3) is 27.0. The van der Waals surface area contributed by atoms with Gasteiger partial charge >= 0.3 is 0 Å². The fraction of sp³-hybridized carbons (Fsp3) is 0.443. The van der Waals surface area contributed by atoms with E-state index in [-0.39, 0.29) is 46.6 Å². The number of nitrogens with zero attached hydrogens (tertiary/aromatic N) is 13. The molecule has 18 rings (SSSR count). The molecular weight excluding hydrogens is 1600 g/mol. The first-order valence-corrected chi connectivity index (χ1v) is 46.9.